The minimum Gasteiger partial charge on any atom is -0.342 e. The lowest BCUT2D eigenvalue weighted by Crippen LogP contribution is -2.34. The molecule has 2 N–H and O–H groups in total. The van der Waals surface area contributed by atoms with E-state index >= 15 is 0 Å². The van der Waals surface area contributed by atoms with Crippen molar-refractivity contribution in [3.05, 3.63) is 58.7 Å². The van der Waals surface area contributed by atoms with E-state index in [2.05, 4.69) is 77.9 Å². The summed E-state index contributed by atoms with van der Waals surface area (Å²) in [4.78, 5) is 0. The second-order valence-corrected chi connectivity index (χ2v) is 15.5. The molecule has 10 heteroatoms. The minimum atomic E-state index is -4.07. The van der Waals surface area contributed by atoms with Crippen LogP contribution in [-0.4, -0.2) is 50.7 Å². The molecule has 0 heterocycles. The van der Waals surface area contributed by atoms with Crippen LogP contribution in [0.5, 0.6) is 0 Å². The van der Waals surface area contributed by atoms with Gasteiger partial charge in [-0.25, -0.2) is 0 Å². The lowest BCUT2D eigenvalue weighted by molar-refractivity contribution is -0.216. The SMILES string of the molecule is CCC(C)(CC)c1ccc2c(c1)C(OCCCCS(=O)(=O)O)(OCCCCS(=O)(=O)O)c1cc(C(C)(C)C)ccc1-2. The van der Waals surface area contributed by atoms with Crippen molar-refractivity contribution in [3.8, 4) is 11.1 Å². The average Bonchev–Trinajstić information content (AvgIpc) is 3.14. The van der Waals surface area contributed by atoms with Gasteiger partial charge in [-0.05, 0) is 83.7 Å². The van der Waals surface area contributed by atoms with E-state index in [1.807, 2.05) is 0 Å². The predicted octanol–water partition coefficient (Wildman–Crippen LogP) is 6.61. The van der Waals surface area contributed by atoms with Crippen LogP contribution < -0.4 is 0 Å². The quantitative estimate of drug-likeness (QED) is 0.131. The maximum absolute atomic E-state index is 11.3. The van der Waals surface area contributed by atoms with E-state index in [1.165, 1.54) is 5.56 Å². The van der Waals surface area contributed by atoms with E-state index in [0.29, 0.717) is 12.8 Å². The normalized spacial score (nSPS) is 15.1. The first-order valence-electron chi connectivity index (χ1n) is 14.4. The van der Waals surface area contributed by atoms with Gasteiger partial charge in [-0.2, -0.15) is 16.8 Å². The summed E-state index contributed by atoms with van der Waals surface area (Å²) in [6, 6.07) is 12.8. The molecule has 0 aromatic heterocycles. The molecule has 0 saturated carbocycles. The molecular weight excluding hydrogens is 564 g/mol. The van der Waals surface area contributed by atoms with Gasteiger partial charge in [0.15, 0.2) is 0 Å². The molecule has 2 aromatic rings. The Morgan fingerprint density at radius 1 is 0.683 bits per heavy atom. The second kappa shape index (κ2) is 12.8. The first-order valence-corrected chi connectivity index (χ1v) is 17.7. The maximum Gasteiger partial charge on any atom is 0.264 e. The molecule has 230 valence electrons. The van der Waals surface area contributed by atoms with Gasteiger partial charge < -0.3 is 9.47 Å². The second-order valence-electron chi connectivity index (χ2n) is 12.3. The number of rotatable bonds is 15. The number of hydrogen-bond acceptors (Lipinski definition) is 6. The lowest BCUT2D eigenvalue weighted by Gasteiger charge is -2.34. The van der Waals surface area contributed by atoms with Crippen LogP contribution in [-0.2, 0) is 46.3 Å². The van der Waals surface area contributed by atoms with Crippen LogP contribution in [0.2, 0.25) is 0 Å². The Labute approximate surface area is 246 Å². The van der Waals surface area contributed by atoms with Gasteiger partial charge in [0.1, 0.15) is 0 Å². The molecule has 0 fully saturated rings. The Morgan fingerprint density at radius 2 is 1.10 bits per heavy atom. The van der Waals surface area contributed by atoms with Crippen LogP contribution in [0.4, 0.5) is 0 Å². The summed E-state index contributed by atoms with van der Waals surface area (Å²) in [5.74, 6) is -1.99. The molecule has 0 atom stereocenters. The van der Waals surface area contributed by atoms with E-state index in [-0.39, 0.29) is 48.4 Å². The predicted molar refractivity (Wildman–Crippen MR) is 162 cm³/mol. The zero-order valence-corrected chi connectivity index (χ0v) is 26.8. The van der Waals surface area contributed by atoms with E-state index in [1.54, 1.807) is 0 Å². The van der Waals surface area contributed by atoms with Crippen LogP contribution in [0.1, 0.15) is 102 Å². The number of ether oxygens (including phenoxy) is 2. The molecule has 0 amide bonds. The van der Waals surface area contributed by atoms with Gasteiger partial charge >= 0.3 is 0 Å². The van der Waals surface area contributed by atoms with Crippen LogP contribution in [0, 0.1) is 0 Å². The monoisotopic (exact) mass is 610 g/mol. The zero-order chi connectivity index (χ0) is 30.7. The highest BCUT2D eigenvalue weighted by molar-refractivity contribution is 7.86. The summed E-state index contributed by atoms with van der Waals surface area (Å²) in [6.45, 7) is 13.4. The third-order valence-electron chi connectivity index (χ3n) is 8.37. The number of fused-ring (bicyclic) bond motifs is 3. The molecular formula is C31H46O8S2. The summed E-state index contributed by atoms with van der Waals surface area (Å²) in [5.41, 5.74) is 5.78. The van der Waals surface area contributed by atoms with Gasteiger partial charge in [0.2, 0.25) is 5.79 Å². The highest BCUT2D eigenvalue weighted by Gasteiger charge is 2.47. The highest BCUT2D eigenvalue weighted by Crippen LogP contribution is 2.53. The number of unbranched alkanes of at least 4 members (excludes halogenated alkanes) is 2. The van der Waals surface area contributed by atoms with Crippen LogP contribution in [0.25, 0.3) is 11.1 Å². The Balaban J connectivity index is 2.12. The van der Waals surface area contributed by atoms with E-state index in [4.69, 9.17) is 18.6 Å². The maximum atomic E-state index is 11.3. The molecule has 3 rings (SSSR count). The van der Waals surface area contributed by atoms with Crippen molar-refractivity contribution in [2.75, 3.05) is 24.7 Å². The van der Waals surface area contributed by atoms with E-state index in [9.17, 15) is 16.8 Å². The molecule has 1 aliphatic carbocycles. The first-order chi connectivity index (χ1) is 19.0. The highest BCUT2D eigenvalue weighted by atomic mass is 32.2. The molecule has 0 unspecified atom stereocenters. The molecule has 0 spiro atoms. The minimum absolute atomic E-state index is 0.0584. The van der Waals surface area contributed by atoms with Crippen LogP contribution in [0.15, 0.2) is 36.4 Å². The summed E-state index contributed by atoms with van der Waals surface area (Å²) >= 11 is 0. The summed E-state index contributed by atoms with van der Waals surface area (Å²) < 4.78 is 76.7. The Morgan fingerprint density at radius 3 is 1.49 bits per heavy atom. The molecule has 0 radical (unpaired) electrons. The smallest absolute Gasteiger partial charge is 0.264 e. The van der Waals surface area contributed by atoms with Crippen LogP contribution in [0.3, 0.4) is 0 Å². The van der Waals surface area contributed by atoms with Crippen molar-refractivity contribution in [2.24, 2.45) is 0 Å². The van der Waals surface area contributed by atoms with E-state index < -0.39 is 26.0 Å². The first kappa shape index (κ1) is 33.7. The molecule has 0 aliphatic heterocycles. The average molecular weight is 611 g/mol. The standard InChI is InChI=1S/C31H46O8S2/c1-7-30(6,8-2)24-14-16-26-25-15-13-23(29(3,4)5)21-27(25)31(28(26)22-24,38-17-9-11-19-40(32,33)34)39-18-10-12-20-41(35,36)37/h13-16,21-22H,7-12,17-20H2,1-6H3,(H,32,33,34)(H,35,36,37). The molecule has 1 aliphatic rings. The van der Waals surface area contributed by atoms with Crippen molar-refractivity contribution in [2.45, 2.75) is 96.7 Å². The Kier molecular flexibility index (Phi) is 10.5. The van der Waals surface area contributed by atoms with Gasteiger partial charge in [-0.3, -0.25) is 9.11 Å². The Hall–Kier alpha value is -1.82. The third-order valence-corrected chi connectivity index (χ3v) is 9.98. The summed E-state index contributed by atoms with van der Waals surface area (Å²) in [7, 11) is -8.15. The summed E-state index contributed by atoms with van der Waals surface area (Å²) in [6.07, 6.45) is 3.13. The fraction of sp³-hybridized carbons (Fsp3) is 0.613. The van der Waals surface area contributed by atoms with Crippen LogP contribution >= 0.6 is 0 Å². The van der Waals surface area contributed by atoms with Crippen molar-refractivity contribution in [3.63, 3.8) is 0 Å². The largest absolute Gasteiger partial charge is 0.342 e. The summed E-state index contributed by atoms with van der Waals surface area (Å²) in [5, 5.41) is 0. The van der Waals surface area contributed by atoms with Gasteiger partial charge in [0.25, 0.3) is 20.2 Å². The molecule has 0 bridgehead atoms. The van der Waals surface area contributed by atoms with E-state index in [0.717, 1.165) is 40.7 Å². The van der Waals surface area contributed by atoms with Gasteiger partial charge in [-0.1, -0.05) is 65.8 Å². The van der Waals surface area contributed by atoms with Crippen molar-refractivity contribution in [1.82, 2.24) is 0 Å². The Bertz CT molecular complexity index is 1380. The number of benzene rings is 2. The van der Waals surface area contributed by atoms with Crippen molar-refractivity contribution in [1.29, 1.82) is 0 Å². The van der Waals surface area contributed by atoms with Crippen molar-refractivity contribution >= 4 is 20.2 Å². The molecule has 41 heavy (non-hydrogen) atoms. The third kappa shape index (κ3) is 8.18. The van der Waals surface area contributed by atoms with Gasteiger partial charge in [-0.15, -0.1) is 0 Å². The molecule has 8 nitrogen and oxygen atoms in total. The molecule has 0 saturated heterocycles. The van der Waals surface area contributed by atoms with Crippen molar-refractivity contribution < 1.29 is 35.4 Å². The fourth-order valence-electron chi connectivity index (χ4n) is 5.31. The van der Waals surface area contributed by atoms with Gasteiger partial charge in [0, 0.05) is 11.1 Å². The zero-order valence-electron chi connectivity index (χ0n) is 25.2. The number of hydrogen-bond donors (Lipinski definition) is 2. The topological polar surface area (TPSA) is 127 Å². The van der Waals surface area contributed by atoms with Gasteiger partial charge in [0.05, 0.1) is 24.7 Å². The fourth-order valence-corrected chi connectivity index (χ4v) is 6.44. The molecule has 2 aromatic carbocycles. The lowest BCUT2D eigenvalue weighted by atomic mass is 9.77.